The van der Waals surface area contributed by atoms with E-state index in [0.717, 1.165) is 42.0 Å². The number of hydrogen-bond donors (Lipinski definition) is 1. The minimum atomic E-state index is 0.128. The first-order valence-corrected chi connectivity index (χ1v) is 7.57. The normalized spacial score (nSPS) is 14.8. The quantitative estimate of drug-likeness (QED) is 0.935. The van der Waals surface area contributed by atoms with Crippen LogP contribution in [0.1, 0.15) is 30.7 Å². The second-order valence-electron chi connectivity index (χ2n) is 5.56. The lowest BCUT2D eigenvalue weighted by Crippen LogP contribution is -2.27. The van der Waals surface area contributed by atoms with Gasteiger partial charge in [-0.15, -0.1) is 0 Å². The molecule has 21 heavy (non-hydrogen) atoms. The third kappa shape index (κ3) is 2.68. The predicted octanol–water partition coefficient (Wildman–Crippen LogP) is 3.88. The molecule has 5 heteroatoms. The van der Waals surface area contributed by atoms with E-state index < -0.39 is 0 Å². The Kier molecular flexibility index (Phi) is 3.72. The van der Waals surface area contributed by atoms with E-state index in [1.807, 2.05) is 42.8 Å². The molecule has 1 heterocycles. The van der Waals surface area contributed by atoms with Gasteiger partial charge in [0, 0.05) is 11.6 Å². The molecule has 4 nitrogen and oxygen atoms in total. The Morgan fingerprint density at radius 1 is 1.29 bits per heavy atom. The van der Waals surface area contributed by atoms with Crippen LogP contribution in [0.25, 0.3) is 5.69 Å². The average molecular weight is 304 g/mol. The summed E-state index contributed by atoms with van der Waals surface area (Å²) in [6.45, 7) is 3.83. The lowest BCUT2D eigenvalue weighted by Gasteiger charge is -2.24. The number of carbonyl (C=O) groups is 1. The summed E-state index contributed by atoms with van der Waals surface area (Å²) in [6.07, 6.45) is 3.18. The van der Waals surface area contributed by atoms with Crippen LogP contribution in [0.3, 0.4) is 0 Å². The van der Waals surface area contributed by atoms with Crippen molar-refractivity contribution in [2.75, 3.05) is 5.32 Å². The van der Waals surface area contributed by atoms with E-state index in [9.17, 15) is 4.79 Å². The summed E-state index contributed by atoms with van der Waals surface area (Å²) in [6, 6.07) is 7.67. The largest absolute Gasteiger partial charge is 0.326 e. The van der Waals surface area contributed by atoms with Crippen LogP contribution in [-0.4, -0.2) is 15.7 Å². The first-order chi connectivity index (χ1) is 10.1. The monoisotopic (exact) mass is 303 g/mol. The molecule has 0 radical (unpaired) electrons. The number of aromatic nitrogens is 2. The van der Waals surface area contributed by atoms with Crippen molar-refractivity contribution in [1.82, 2.24) is 9.78 Å². The number of halogens is 1. The Bertz CT molecular complexity index is 672. The fourth-order valence-corrected chi connectivity index (χ4v) is 2.59. The van der Waals surface area contributed by atoms with Gasteiger partial charge in [-0.25, -0.2) is 4.68 Å². The maximum absolute atomic E-state index is 11.9. The Morgan fingerprint density at radius 2 is 1.95 bits per heavy atom. The minimum absolute atomic E-state index is 0.128. The van der Waals surface area contributed by atoms with Crippen molar-refractivity contribution in [2.45, 2.75) is 33.1 Å². The highest BCUT2D eigenvalue weighted by molar-refractivity contribution is 6.31. The van der Waals surface area contributed by atoms with Crippen molar-refractivity contribution in [3.8, 4) is 5.69 Å². The second kappa shape index (κ2) is 5.53. The molecule has 0 saturated heterocycles. The molecule has 2 aromatic rings. The summed E-state index contributed by atoms with van der Waals surface area (Å²) in [5, 5.41) is 8.07. The van der Waals surface area contributed by atoms with E-state index in [-0.39, 0.29) is 11.8 Å². The molecular formula is C16H18ClN3O. The molecule has 1 aliphatic rings. The summed E-state index contributed by atoms with van der Waals surface area (Å²) in [7, 11) is 0. The van der Waals surface area contributed by atoms with E-state index in [2.05, 4.69) is 10.4 Å². The number of nitrogens with one attached hydrogen (secondary N) is 1. The SMILES string of the molecule is Cc1nn(-c2ccc(NC(=O)C3CCC3)cc2)c(C)c1Cl. The van der Waals surface area contributed by atoms with Crippen molar-refractivity contribution < 1.29 is 4.79 Å². The molecule has 1 amide bonds. The van der Waals surface area contributed by atoms with Crippen LogP contribution in [0.4, 0.5) is 5.69 Å². The van der Waals surface area contributed by atoms with Gasteiger partial charge in [-0.3, -0.25) is 4.79 Å². The third-order valence-electron chi connectivity index (χ3n) is 4.06. The van der Waals surface area contributed by atoms with Crippen molar-refractivity contribution in [2.24, 2.45) is 5.92 Å². The molecule has 0 bridgehead atoms. The molecule has 0 unspecified atom stereocenters. The van der Waals surface area contributed by atoms with Crippen molar-refractivity contribution in [1.29, 1.82) is 0 Å². The number of aryl methyl sites for hydroxylation is 1. The van der Waals surface area contributed by atoms with Gasteiger partial charge in [-0.05, 0) is 51.0 Å². The van der Waals surface area contributed by atoms with Crippen LogP contribution in [-0.2, 0) is 4.79 Å². The fourth-order valence-electron chi connectivity index (χ4n) is 2.48. The summed E-state index contributed by atoms with van der Waals surface area (Å²) >= 11 is 6.17. The molecule has 0 atom stereocenters. The van der Waals surface area contributed by atoms with Crippen LogP contribution < -0.4 is 5.32 Å². The van der Waals surface area contributed by atoms with Gasteiger partial charge in [0.25, 0.3) is 0 Å². The van der Waals surface area contributed by atoms with Gasteiger partial charge in [0.15, 0.2) is 0 Å². The lowest BCUT2D eigenvalue weighted by atomic mass is 9.85. The fraction of sp³-hybridized carbons (Fsp3) is 0.375. The van der Waals surface area contributed by atoms with Gasteiger partial charge in [0.05, 0.1) is 22.1 Å². The Labute approximate surface area is 129 Å². The Morgan fingerprint density at radius 3 is 2.43 bits per heavy atom. The first-order valence-electron chi connectivity index (χ1n) is 7.19. The van der Waals surface area contributed by atoms with Crippen LogP contribution in [0.15, 0.2) is 24.3 Å². The minimum Gasteiger partial charge on any atom is -0.326 e. The topological polar surface area (TPSA) is 46.9 Å². The highest BCUT2D eigenvalue weighted by Crippen LogP contribution is 2.28. The van der Waals surface area contributed by atoms with Gasteiger partial charge in [-0.1, -0.05) is 18.0 Å². The molecule has 0 aliphatic heterocycles. The zero-order valence-corrected chi connectivity index (χ0v) is 12.9. The van der Waals surface area contributed by atoms with Crippen molar-refractivity contribution in [3.63, 3.8) is 0 Å². The van der Waals surface area contributed by atoms with E-state index in [1.54, 1.807) is 0 Å². The summed E-state index contributed by atoms with van der Waals surface area (Å²) < 4.78 is 1.81. The Balaban J connectivity index is 1.77. The highest BCUT2D eigenvalue weighted by atomic mass is 35.5. The number of hydrogen-bond acceptors (Lipinski definition) is 2. The van der Waals surface area contributed by atoms with E-state index in [0.29, 0.717) is 5.02 Å². The number of carbonyl (C=O) groups excluding carboxylic acids is 1. The molecule has 1 N–H and O–H groups in total. The number of amides is 1. The molecule has 3 rings (SSSR count). The number of nitrogens with zero attached hydrogens (tertiary/aromatic N) is 2. The van der Waals surface area contributed by atoms with E-state index in [1.165, 1.54) is 0 Å². The Hall–Kier alpha value is -1.81. The molecular weight excluding hydrogens is 286 g/mol. The first kappa shape index (κ1) is 14.1. The molecule has 0 spiro atoms. The molecule has 1 saturated carbocycles. The van der Waals surface area contributed by atoms with Crippen LogP contribution in [0.2, 0.25) is 5.02 Å². The maximum Gasteiger partial charge on any atom is 0.227 e. The molecule has 1 aromatic carbocycles. The van der Waals surface area contributed by atoms with Crippen LogP contribution >= 0.6 is 11.6 Å². The second-order valence-corrected chi connectivity index (χ2v) is 5.94. The molecule has 1 aliphatic carbocycles. The van der Waals surface area contributed by atoms with Gasteiger partial charge in [-0.2, -0.15) is 5.10 Å². The highest BCUT2D eigenvalue weighted by Gasteiger charge is 2.25. The summed E-state index contributed by atoms with van der Waals surface area (Å²) in [5.74, 6) is 0.322. The van der Waals surface area contributed by atoms with E-state index >= 15 is 0 Å². The van der Waals surface area contributed by atoms with Gasteiger partial charge >= 0.3 is 0 Å². The maximum atomic E-state index is 11.9. The van der Waals surface area contributed by atoms with Gasteiger partial charge < -0.3 is 5.32 Å². The van der Waals surface area contributed by atoms with Crippen LogP contribution in [0, 0.1) is 19.8 Å². The molecule has 1 aromatic heterocycles. The molecule has 110 valence electrons. The van der Waals surface area contributed by atoms with Crippen molar-refractivity contribution in [3.05, 3.63) is 40.7 Å². The zero-order chi connectivity index (χ0) is 15.0. The predicted molar refractivity (Wildman–Crippen MR) is 84.0 cm³/mol. The average Bonchev–Trinajstić information content (AvgIpc) is 2.65. The smallest absolute Gasteiger partial charge is 0.227 e. The van der Waals surface area contributed by atoms with Crippen LogP contribution in [0.5, 0.6) is 0 Å². The van der Waals surface area contributed by atoms with Gasteiger partial charge in [0.2, 0.25) is 5.91 Å². The zero-order valence-electron chi connectivity index (χ0n) is 12.2. The third-order valence-corrected chi connectivity index (χ3v) is 4.61. The van der Waals surface area contributed by atoms with E-state index in [4.69, 9.17) is 11.6 Å². The summed E-state index contributed by atoms with van der Waals surface area (Å²) in [5.41, 5.74) is 3.49. The number of anilines is 1. The lowest BCUT2D eigenvalue weighted by molar-refractivity contribution is -0.122. The van der Waals surface area contributed by atoms with Gasteiger partial charge in [0.1, 0.15) is 0 Å². The number of benzene rings is 1. The standard InChI is InChI=1S/C16H18ClN3O/c1-10-15(17)11(2)20(19-10)14-8-6-13(7-9-14)18-16(21)12-4-3-5-12/h6-9,12H,3-5H2,1-2H3,(H,18,21). The summed E-state index contributed by atoms with van der Waals surface area (Å²) in [4.78, 5) is 11.9. The van der Waals surface area contributed by atoms with Crippen molar-refractivity contribution >= 4 is 23.2 Å². The molecule has 1 fully saturated rings. The number of rotatable bonds is 3.